The molecule has 0 amide bonds. The van der Waals surface area contributed by atoms with Crippen LogP contribution in [0.3, 0.4) is 0 Å². The summed E-state index contributed by atoms with van der Waals surface area (Å²) < 4.78 is 0. The van der Waals surface area contributed by atoms with E-state index in [1.54, 1.807) is 0 Å². The van der Waals surface area contributed by atoms with Crippen LogP contribution in [0.15, 0.2) is 0 Å². The summed E-state index contributed by atoms with van der Waals surface area (Å²) in [5, 5.41) is 9.61. The number of fused-ring (bicyclic) bond motifs is 2. The molecule has 14 heavy (non-hydrogen) atoms. The molecule has 2 saturated carbocycles. The van der Waals surface area contributed by atoms with Crippen molar-refractivity contribution < 1.29 is 5.11 Å². The third-order valence-electron chi connectivity index (χ3n) is 4.72. The summed E-state index contributed by atoms with van der Waals surface area (Å²) in [5.41, 5.74) is 0.215. The van der Waals surface area contributed by atoms with E-state index < -0.39 is 0 Å². The van der Waals surface area contributed by atoms with Gasteiger partial charge in [0.15, 0.2) is 0 Å². The zero-order chi connectivity index (χ0) is 10.3. The largest absolute Gasteiger partial charge is 0.396 e. The highest BCUT2D eigenvalue weighted by Gasteiger charge is 2.54. The van der Waals surface area contributed by atoms with Gasteiger partial charge in [-0.2, -0.15) is 0 Å². The van der Waals surface area contributed by atoms with Crippen LogP contribution in [0, 0.1) is 23.2 Å². The molecule has 2 aliphatic rings. The van der Waals surface area contributed by atoms with Crippen molar-refractivity contribution in [1.29, 1.82) is 0 Å². The van der Waals surface area contributed by atoms with Gasteiger partial charge in [-0.15, -0.1) is 0 Å². The zero-order valence-corrected chi connectivity index (χ0v) is 9.66. The summed E-state index contributed by atoms with van der Waals surface area (Å²) in [6.07, 6.45) is 4.12. The molecule has 0 saturated heterocycles. The molecule has 4 unspecified atom stereocenters. The van der Waals surface area contributed by atoms with E-state index in [1.807, 2.05) is 0 Å². The number of nitrogens with zero attached hydrogens (tertiary/aromatic N) is 1. The predicted molar refractivity (Wildman–Crippen MR) is 58.1 cm³/mol. The molecular formula is C12H23NO. The Labute approximate surface area is 87.3 Å². The van der Waals surface area contributed by atoms with Crippen LogP contribution in [-0.2, 0) is 0 Å². The van der Waals surface area contributed by atoms with Gasteiger partial charge in [-0.05, 0) is 56.5 Å². The highest BCUT2D eigenvalue weighted by molar-refractivity contribution is 5.04. The number of aliphatic hydroxyl groups is 1. The molecule has 2 nitrogen and oxygen atoms in total. The van der Waals surface area contributed by atoms with Gasteiger partial charge in [0.1, 0.15) is 0 Å². The zero-order valence-electron chi connectivity index (χ0n) is 9.66. The molecule has 2 bridgehead atoms. The van der Waals surface area contributed by atoms with Crippen LogP contribution in [0.2, 0.25) is 0 Å². The van der Waals surface area contributed by atoms with Crippen LogP contribution in [-0.4, -0.2) is 37.3 Å². The van der Waals surface area contributed by atoms with Gasteiger partial charge >= 0.3 is 0 Å². The molecule has 4 atom stereocenters. The molecule has 2 fully saturated rings. The molecule has 0 spiro atoms. The van der Waals surface area contributed by atoms with Crippen molar-refractivity contribution in [3.8, 4) is 0 Å². The topological polar surface area (TPSA) is 23.5 Å². The van der Waals surface area contributed by atoms with Gasteiger partial charge in [-0.25, -0.2) is 0 Å². The fraction of sp³-hybridized carbons (Fsp3) is 1.00. The van der Waals surface area contributed by atoms with Gasteiger partial charge in [-0.3, -0.25) is 0 Å². The average molecular weight is 197 g/mol. The summed E-state index contributed by atoms with van der Waals surface area (Å²) in [7, 11) is 4.29. The maximum Gasteiger partial charge on any atom is 0.0490 e. The maximum atomic E-state index is 9.61. The Balaban J connectivity index is 2.13. The Hall–Kier alpha value is -0.0800. The first-order valence-corrected chi connectivity index (χ1v) is 5.83. The summed E-state index contributed by atoms with van der Waals surface area (Å²) in [6.45, 7) is 3.83. The second-order valence-electron chi connectivity index (χ2n) is 5.80. The van der Waals surface area contributed by atoms with Crippen molar-refractivity contribution in [2.45, 2.75) is 26.2 Å². The van der Waals surface area contributed by atoms with Crippen LogP contribution in [0.25, 0.3) is 0 Å². The first-order valence-electron chi connectivity index (χ1n) is 5.83. The fourth-order valence-corrected chi connectivity index (χ4v) is 3.82. The Kier molecular flexibility index (Phi) is 2.61. The smallest absolute Gasteiger partial charge is 0.0490 e. The van der Waals surface area contributed by atoms with Crippen molar-refractivity contribution in [3.05, 3.63) is 0 Å². The van der Waals surface area contributed by atoms with Crippen LogP contribution < -0.4 is 0 Å². The van der Waals surface area contributed by atoms with E-state index in [0.29, 0.717) is 6.61 Å². The lowest BCUT2D eigenvalue weighted by molar-refractivity contribution is 0.0165. The fourth-order valence-electron chi connectivity index (χ4n) is 3.82. The minimum Gasteiger partial charge on any atom is -0.396 e. The highest BCUT2D eigenvalue weighted by atomic mass is 16.3. The number of aliphatic hydroxyl groups excluding tert-OH is 1. The summed E-state index contributed by atoms with van der Waals surface area (Å²) >= 11 is 0. The van der Waals surface area contributed by atoms with Crippen molar-refractivity contribution in [2.75, 3.05) is 27.2 Å². The van der Waals surface area contributed by atoms with E-state index in [1.165, 1.54) is 19.3 Å². The first kappa shape index (κ1) is 10.4. The highest BCUT2D eigenvalue weighted by Crippen LogP contribution is 2.59. The SMILES string of the molecule is CN(C)CC1C2CCC(C2)C1(C)CO. The number of rotatable bonds is 3. The third kappa shape index (κ3) is 1.40. The van der Waals surface area contributed by atoms with E-state index in [0.717, 1.165) is 24.3 Å². The lowest BCUT2D eigenvalue weighted by Crippen LogP contribution is -2.42. The molecule has 1 N–H and O–H groups in total. The average Bonchev–Trinajstić information content (AvgIpc) is 2.68. The van der Waals surface area contributed by atoms with Gasteiger partial charge in [0.05, 0.1) is 0 Å². The van der Waals surface area contributed by atoms with E-state index >= 15 is 0 Å². The van der Waals surface area contributed by atoms with Crippen molar-refractivity contribution in [2.24, 2.45) is 23.2 Å². The van der Waals surface area contributed by atoms with Gasteiger partial charge in [0, 0.05) is 13.2 Å². The Morgan fingerprint density at radius 1 is 1.36 bits per heavy atom. The molecule has 0 radical (unpaired) electrons. The van der Waals surface area contributed by atoms with E-state index in [2.05, 4.69) is 25.9 Å². The monoisotopic (exact) mass is 197 g/mol. The molecule has 0 aromatic heterocycles. The van der Waals surface area contributed by atoms with Gasteiger partial charge in [-0.1, -0.05) is 6.92 Å². The van der Waals surface area contributed by atoms with Crippen molar-refractivity contribution >= 4 is 0 Å². The van der Waals surface area contributed by atoms with E-state index in [-0.39, 0.29) is 5.41 Å². The number of hydrogen-bond donors (Lipinski definition) is 1. The lowest BCUT2D eigenvalue weighted by atomic mass is 9.67. The van der Waals surface area contributed by atoms with Crippen LogP contribution in [0.4, 0.5) is 0 Å². The standard InChI is InChI=1S/C12H23NO/c1-12(8-14)10-5-4-9(6-10)11(12)7-13(2)3/h9-11,14H,4-8H2,1-3H3. The maximum absolute atomic E-state index is 9.61. The molecule has 0 aliphatic heterocycles. The van der Waals surface area contributed by atoms with Crippen molar-refractivity contribution in [3.63, 3.8) is 0 Å². The molecule has 2 heteroatoms. The molecule has 82 valence electrons. The lowest BCUT2D eigenvalue weighted by Gasteiger charge is -2.41. The Morgan fingerprint density at radius 3 is 2.64 bits per heavy atom. The second-order valence-corrected chi connectivity index (χ2v) is 5.80. The minimum absolute atomic E-state index is 0.215. The minimum atomic E-state index is 0.215. The summed E-state index contributed by atoms with van der Waals surface area (Å²) in [5.74, 6) is 2.41. The van der Waals surface area contributed by atoms with Gasteiger partial charge in [0.2, 0.25) is 0 Å². The molecule has 0 aromatic rings. The van der Waals surface area contributed by atoms with Gasteiger partial charge in [0.25, 0.3) is 0 Å². The normalized spacial score (nSPS) is 46.5. The molecule has 2 aliphatic carbocycles. The number of hydrogen-bond acceptors (Lipinski definition) is 2. The molecule has 0 aromatic carbocycles. The van der Waals surface area contributed by atoms with E-state index in [4.69, 9.17) is 0 Å². The first-order chi connectivity index (χ1) is 6.58. The summed E-state index contributed by atoms with van der Waals surface area (Å²) in [6, 6.07) is 0. The molecular weight excluding hydrogens is 174 g/mol. The third-order valence-corrected chi connectivity index (χ3v) is 4.72. The Morgan fingerprint density at radius 2 is 2.07 bits per heavy atom. The van der Waals surface area contributed by atoms with Crippen LogP contribution in [0.5, 0.6) is 0 Å². The Bertz CT molecular complexity index is 216. The molecule has 2 rings (SSSR count). The quantitative estimate of drug-likeness (QED) is 0.743. The molecule has 0 heterocycles. The summed E-state index contributed by atoms with van der Waals surface area (Å²) in [4.78, 5) is 2.28. The second kappa shape index (κ2) is 3.49. The van der Waals surface area contributed by atoms with Crippen molar-refractivity contribution in [1.82, 2.24) is 4.90 Å². The van der Waals surface area contributed by atoms with Crippen LogP contribution in [0.1, 0.15) is 26.2 Å². The van der Waals surface area contributed by atoms with Crippen LogP contribution >= 0.6 is 0 Å². The van der Waals surface area contributed by atoms with E-state index in [9.17, 15) is 5.11 Å². The van der Waals surface area contributed by atoms with Gasteiger partial charge < -0.3 is 10.0 Å². The predicted octanol–water partition coefficient (Wildman–Crippen LogP) is 1.59.